The summed E-state index contributed by atoms with van der Waals surface area (Å²) in [6, 6.07) is 0. The van der Waals surface area contributed by atoms with Gasteiger partial charge in [-0.25, -0.2) is 0 Å². The van der Waals surface area contributed by atoms with Gasteiger partial charge in [-0.1, -0.05) is 20.8 Å². The molecule has 1 N–H and O–H groups in total. The van der Waals surface area contributed by atoms with Crippen LogP contribution in [0.4, 0.5) is 0 Å². The molecular formula is C8H16NO. The van der Waals surface area contributed by atoms with Gasteiger partial charge in [0.25, 0.3) is 0 Å². The van der Waals surface area contributed by atoms with Gasteiger partial charge in [0.1, 0.15) is 0 Å². The number of carbonyl (C=O) groups is 1. The average molecular weight is 142 g/mol. The van der Waals surface area contributed by atoms with Gasteiger partial charge in [-0.2, -0.15) is 0 Å². The summed E-state index contributed by atoms with van der Waals surface area (Å²) in [6.07, 6.45) is 1.67. The second kappa shape index (κ2) is 4.31. The highest BCUT2D eigenvalue weighted by molar-refractivity contribution is 5.75. The smallest absolute Gasteiger partial charge is 0.241 e. The summed E-state index contributed by atoms with van der Waals surface area (Å²) in [5.74, 6) is 0.0930. The first kappa shape index (κ1) is 9.47. The Bertz CT molecular complexity index is 110. The molecule has 0 fully saturated rings. The summed E-state index contributed by atoms with van der Waals surface area (Å²) in [7, 11) is 0. The molecule has 0 aromatic rings. The van der Waals surface area contributed by atoms with Gasteiger partial charge in [0.15, 0.2) is 0 Å². The van der Waals surface area contributed by atoms with Gasteiger partial charge < -0.3 is 0 Å². The molecule has 0 rings (SSSR count). The van der Waals surface area contributed by atoms with Crippen molar-refractivity contribution in [1.82, 2.24) is 5.73 Å². The third-order valence-electron chi connectivity index (χ3n) is 1.62. The molecule has 0 aliphatic carbocycles. The summed E-state index contributed by atoms with van der Waals surface area (Å²) >= 11 is 0. The quantitative estimate of drug-likeness (QED) is 0.590. The van der Waals surface area contributed by atoms with E-state index in [0.717, 1.165) is 12.8 Å². The minimum absolute atomic E-state index is 0.0278. The highest BCUT2D eigenvalue weighted by atomic mass is 16.1. The molecule has 0 saturated heterocycles. The van der Waals surface area contributed by atoms with Gasteiger partial charge in [-0.15, -0.1) is 0 Å². The third kappa shape index (κ3) is 3.49. The number of hydrogen-bond acceptors (Lipinski definition) is 1. The van der Waals surface area contributed by atoms with E-state index < -0.39 is 5.91 Å². The molecule has 2 heteroatoms. The number of nitrogens with one attached hydrogen (secondary N) is 1. The lowest BCUT2D eigenvalue weighted by Crippen LogP contribution is -2.16. The van der Waals surface area contributed by atoms with Crippen molar-refractivity contribution in [2.24, 2.45) is 11.8 Å². The maximum absolute atomic E-state index is 10.6. The SMILES string of the molecule is CCC(CC(C)C)C([NH])=O. The third-order valence-corrected chi connectivity index (χ3v) is 1.62. The summed E-state index contributed by atoms with van der Waals surface area (Å²) < 4.78 is 0. The van der Waals surface area contributed by atoms with Crippen LogP contribution >= 0.6 is 0 Å². The van der Waals surface area contributed by atoms with Crippen LogP contribution < -0.4 is 5.73 Å². The van der Waals surface area contributed by atoms with Crippen molar-refractivity contribution in [1.29, 1.82) is 0 Å². The Hall–Kier alpha value is -0.530. The van der Waals surface area contributed by atoms with E-state index in [2.05, 4.69) is 13.8 Å². The first-order valence-electron chi connectivity index (χ1n) is 3.83. The molecule has 0 aromatic carbocycles. The molecule has 0 heterocycles. The molecule has 0 bridgehead atoms. The first-order valence-corrected chi connectivity index (χ1v) is 3.83. The van der Waals surface area contributed by atoms with Gasteiger partial charge in [0.2, 0.25) is 5.91 Å². The summed E-state index contributed by atoms with van der Waals surface area (Å²) in [4.78, 5) is 10.6. The topological polar surface area (TPSA) is 40.9 Å². The highest BCUT2D eigenvalue weighted by Crippen LogP contribution is 2.14. The summed E-state index contributed by atoms with van der Waals surface area (Å²) in [6.45, 7) is 6.11. The first-order chi connectivity index (χ1) is 4.57. The van der Waals surface area contributed by atoms with Crippen LogP contribution in [-0.2, 0) is 4.79 Å². The molecule has 0 aromatic heterocycles. The molecule has 59 valence electrons. The molecule has 0 aliphatic rings. The van der Waals surface area contributed by atoms with Crippen LogP contribution in [0.5, 0.6) is 0 Å². The van der Waals surface area contributed by atoms with Gasteiger partial charge in [-0.05, 0) is 18.8 Å². The fourth-order valence-corrected chi connectivity index (χ4v) is 1.03. The predicted molar refractivity (Wildman–Crippen MR) is 41.3 cm³/mol. The van der Waals surface area contributed by atoms with Crippen molar-refractivity contribution in [3.8, 4) is 0 Å². The van der Waals surface area contributed by atoms with E-state index in [1.54, 1.807) is 0 Å². The molecule has 1 unspecified atom stereocenters. The zero-order valence-electron chi connectivity index (χ0n) is 6.98. The van der Waals surface area contributed by atoms with Crippen molar-refractivity contribution in [3.05, 3.63) is 0 Å². The predicted octanol–water partition coefficient (Wildman–Crippen LogP) is 1.87. The monoisotopic (exact) mass is 142 g/mol. The lowest BCUT2D eigenvalue weighted by atomic mass is 9.94. The van der Waals surface area contributed by atoms with Crippen molar-refractivity contribution >= 4 is 5.91 Å². The van der Waals surface area contributed by atoms with Crippen molar-refractivity contribution in [2.45, 2.75) is 33.6 Å². The van der Waals surface area contributed by atoms with Crippen LogP contribution in [-0.4, -0.2) is 5.91 Å². The van der Waals surface area contributed by atoms with Crippen LogP contribution in [0.25, 0.3) is 0 Å². The van der Waals surface area contributed by atoms with E-state index in [9.17, 15) is 4.79 Å². The van der Waals surface area contributed by atoms with Gasteiger partial charge >= 0.3 is 0 Å². The maximum atomic E-state index is 10.6. The Labute approximate surface area is 62.8 Å². The highest BCUT2D eigenvalue weighted by Gasteiger charge is 2.14. The lowest BCUT2D eigenvalue weighted by Gasteiger charge is -2.11. The van der Waals surface area contributed by atoms with Gasteiger partial charge in [0.05, 0.1) is 0 Å². The molecular weight excluding hydrogens is 126 g/mol. The number of amides is 1. The summed E-state index contributed by atoms with van der Waals surface area (Å²) in [5, 5.41) is 0. The van der Waals surface area contributed by atoms with E-state index in [1.807, 2.05) is 6.92 Å². The Morgan fingerprint density at radius 2 is 2.00 bits per heavy atom. The fraction of sp³-hybridized carbons (Fsp3) is 0.875. The zero-order valence-corrected chi connectivity index (χ0v) is 6.98. The van der Waals surface area contributed by atoms with E-state index in [4.69, 9.17) is 5.73 Å². The Kier molecular flexibility index (Phi) is 4.08. The molecule has 10 heavy (non-hydrogen) atoms. The number of hydrogen-bond donors (Lipinski definition) is 0. The largest absolute Gasteiger partial charge is 0.273 e. The van der Waals surface area contributed by atoms with Crippen LogP contribution in [0, 0.1) is 11.8 Å². The van der Waals surface area contributed by atoms with Crippen LogP contribution in [0.2, 0.25) is 0 Å². The van der Waals surface area contributed by atoms with Crippen LogP contribution in [0.1, 0.15) is 33.6 Å². The average Bonchev–Trinajstić information content (AvgIpc) is 1.81. The molecule has 0 spiro atoms. The minimum Gasteiger partial charge on any atom is -0.273 e. The van der Waals surface area contributed by atoms with E-state index in [1.165, 1.54) is 0 Å². The molecule has 1 atom stereocenters. The standard InChI is InChI=1S/C8H16NO/c1-4-7(8(9)10)5-6(2)3/h6-7,9H,4-5H2,1-3H3. The van der Waals surface area contributed by atoms with Crippen molar-refractivity contribution in [3.63, 3.8) is 0 Å². The second-order valence-electron chi connectivity index (χ2n) is 3.10. The van der Waals surface area contributed by atoms with Gasteiger partial charge in [0, 0.05) is 5.92 Å². The second-order valence-corrected chi connectivity index (χ2v) is 3.10. The summed E-state index contributed by atoms with van der Waals surface area (Å²) in [5.41, 5.74) is 6.89. The normalized spacial score (nSPS) is 13.6. The van der Waals surface area contributed by atoms with E-state index in [0.29, 0.717) is 5.92 Å². The molecule has 1 amide bonds. The Morgan fingerprint density at radius 3 is 2.10 bits per heavy atom. The van der Waals surface area contributed by atoms with Crippen LogP contribution in [0.3, 0.4) is 0 Å². The van der Waals surface area contributed by atoms with Crippen molar-refractivity contribution in [2.75, 3.05) is 0 Å². The number of rotatable bonds is 4. The maximum Gasteiger partial charge on any atom is 0.241 e. The van der Waals surface area contributed by atoms with Crippen molar-refractivity contribution < 1.29 is 4.79 Å². The Morgan fingerprint density at radius 1 is 1.50 bits per heavy atom. The fourth-order valence-electron chi connectivity index (χ4n) is 1.03. The zero-order chi connectivity index (χ0) is 8.15. The minimum atomic E-state index is -0.406. The van der Waals surface area contributed by atoms with E-state index >= 15 is 0 Å². The van der Waals surface area contributed by atoms with E-state index in [-0.39, 0.29) is 5.92 Å². The number of carbonyl (C=O) groups excluding carboxylic acids is 1. The molecule has 1 radical (unpaired) electrons. The Balaban J connectivity index is 3.72. The van der Waals surface area contributed by atoms with Crippen LogP contribution in [0.15, 0.2) is 0 Å². The molecule has 0 aliphatic heterocycles. The lowest BCUT2D eigenvalue weighted by molar-refractivity contribution is -0.123. The van der Waals surface area contributed by atoms with Gasteiger partial charge in [-0.3, -0.25) is 10.5 Å². The molecule has 0 saturated carbocycles. The molecule has 2 nitrogen and oxygen atoms in total.